The van der Waals surface area contributed by atoms with E-state index in [1.807, 2.05) is 42.7 Å². The number of hydrogen-bond donors (Lipinski definition) is 0. The lowest BCUT2D eigenvalue weighted by atomic mass is 9.64. The quantitative estimate of drug-likeness (QED) is 0.178. The van der Waals surface area contributed by atoms with E-state index in [1.165, 1.54) is 27.8 Å². The van der Waals surface area contributed by atoms with Crippen molar-refractivity contribution in [1.82, 2.24) is 14.5 Å². The van der Waals surface area contributed by atoms with Crippen molar-refractivity contribution in [2.75, 3.05) is 0 Å². The number of ether oxygens (including phenoxy) is 1. The lowest BCUT2D eigenvalue weighted by Crippen LogP contribution is -2.32. The first-order valence-corrected chi connectivity index (χ1v) is 18.9. The molecule has 0 spiro atoms. The summed E-state index contributed by atoms with van der Waals surface area (Å²) in [6, 6.07) is 49.0. The minimum Gasteiger partial charge on any atom is -0.456 e. The number of fused-ring (bicyclic) bond motifs is 6. The Hall–Kier alpha value is -6.51. The van der Waals surface area contributed by atoms with E-state index in [-0.39, 0.29) is 10.8 Å². The smallest absolute Gasteiger partial charge is 0.147 e. The van der Waals surface area contributed by atoms with Crippen LogP contribution in [0.5, 0.6) is 11.5 Å². The van der Waals surface area contributed by atoms with Gasteiger partial charge in [-0.05, 0) is 81.1 Å². The molecule has 5 nitrogen and oxygen atoms in total. The van der Waals surface area contributed by atoms with Crippen LogP contribution >= 0.6 is 0 Å². The number of benzene rings is 5. The molecule has 8 aromatic rings. The molecule has 55 heavy (non-hydrogen) atoms. The van der Waals surface area contributed by atoms with Crippen LogP contribution in [0.3, 0.4) is 0 Å². The Kier molecular flexibility index (Phi) is 7.81. The summed E-state index contributed by atoms with van der Waals surface area (Å²) >= 11 is 0. The van der Waals surface area contributed by atoms with Crippen molar-refractivity contribution in [3.63, 3.8) is 0 Å². The Morgan fingerprint density at radius 2 is 1.31 bits per heavy atom. The van der Waals surface area contributed by atoms with E-state index in [2.05, 4.69) is 155 Å². The molecule has 5 heteroatoms. The van der Waals surface area contributed by atoms with Gasteiger partial charge in [0.1, 0.15) is 23.4 Å². The van der Waals surface area contributed by atoms with Crippen molar-refractivity contribution in [1.29, 1.82) is 5.26 Å². The monoisotopic (exact) mass is 714 g/mol. The largest absolute Gasteiger partial charge is 0.456 e. The minimum absolute atomic E-state index is 0.0496. The number of nitriles is 1. The van der Waals surface area contributed by atoms with Crippen molar-refractivity contribution in [3.05, 3.63) is 185 Å². The van der Waals surface area contributed by atoms with Crippen LogP contribution in [0.15, 0.2) is 146 Å². The molecule has 0 bridgehead atoms. The summed E-state index contributed by atoms with van der Waals surface area (Å²) < 4.78 is 8.99. The number of pyridine rings is 2. The van der Waals surface area contributed by atoms with Crippen LogP contribution < -0.4 is 4.74 Å². The Morgan fingerprint density at radius 1 is 0.636 bits per heavy atom. The summed E-state index contributed by atoms with van der Waals surface area (Å²) in [7, 11) is 0. The molecule has 1 aliphatic rings. The van der Waals surface area contributed by atoms with Crippen LogP contribution in [-0.4, -0.2) is 14.5 Å². The molecule has 0 saturated heterocycles. The van der Waals surface area contributed by atoms with E-state index in [0.717, 1.165) is 44.4 Å². The summed E-state index contributed by atoms with van der Waals surface area (Å²) in [5, 5.41) is 12.6. The molecule has 268 valence electrons. The van der Waals surface area contributed by atoms with Gasteiger partial charge in [-0.15, -0.1) is 0 Å². The van der Waals surface area contributed by atoms with Crippen LogP contribution in [0.25, 0.3) is 38.9 Å². The topological polar surface area (TPSA) is 63.7 Å². The first-order valence-electron chi connectivity index (χ1n) is 18.9. The molecule has 0 N–H and O–H groups in total. The van der Waals surface area contributed by atoms with Crippen molar-refractivity contribution in [2.24, 2.45) is 0 Å². The van der Waals surface area contributed by atoms with E-state index in [9.17, 15) is 5.26 Å². The third-order valence-corrected chi connectivity index (χ3v) is 11.2. The zero-order valence-electron chi connectivity index (χ0n) is 32.1. The van der Waals surface area contributed by atoms with Gasteiger partial charge in [-0.25, -0.2) is 4.98 Å². The molecule has 0 saturated carbocycles. The fourth-order valence-electron chi connectivity index (χ4n) is 8.61. The molecular weight excluding hydrogens is 673 g/mol. The maximum absolute atomic E-state index is 10.5. The van der Waals surface area contributed by atoms with Crippen molar-refractivity contribution >= 4 is 21.8 Å². The van der Waals surface area contributed by atoms with Gasteiger partial charge in [0, 0.05) is 40.4 Å². The van der Waals surface area contributed by atoms with Gasteiger partial charge in [-0.1, -0.05) is 126 Å². The third-order valence-electron chi connectivity index (χ3n) is 11.2. The van der Waals surface area contributed by atoms with Crippen LogP contribution in [0.1, 0.15) is 80.5 Å². The standard InChI is InChI=1S/C50H42N4O/c1-48(2,3)35-23-25-52-45(28-35)54-42-20-14-13-19-37(42)38-27-32(31-51)44(30-43(38)54)55-36-21-22-40-39(29-36)47-46(41(24-26-53-47)49(4,5)6)50(40,33-15-9-7-10-16-33)34-17-11-8-12-18-34/h7-30H,1-6H3. The number of hydrogen-bond acceptors (Lipinski definition) is 4. The van der Waals surface area contributed by atoms with Crippen molar-refractivity contribution in [3.8, 4) is 34.6 Å². The average molecular weight is 715 g/mol. The normalized spacial score (nSPS) is 13.4. The maximum atomic E-state index is 10.5. The first kappa shape index (κ1) is 34.3. The lowest BCUT2D eigenvalue weighted by Gasteiger charge is -2.37. The molecular formula is C50H42N4O. The summed E-state index contributed by atoms with van der Waals surface area (Å²) in [4.78, 5) is 9.97. The highest BCUT2D eigenvalue weighted by Gasteiger charge is 2.49. The average Bonchev–Trinajstić information content (AvgIpc) is 3.67. The Morgan fingerprint density at radius 3 is 1.98 bits per heavy atom. The highest BCUT2D eigenvalue weighted by molar-refractivity contribution is 6.10. The maximum Gasteiger partial charge on any atom is 0.147 e. The van der Waals surface area contributed by atoms with Crippen molar-refractivity contribution in [2.45, 2.75) is 57.8 Å². The fraction of sp³-hybridized carbons (Fsp3) is 0.180. The molecule has 3 heterocycles. The molecule has 1 aliphatic carbocycles. The SMILES string of the molecule is CC(C)(C)c1ccnc(-n2c3ccccc3c3cc(C#N)c(Oc4ccc5c(c4)-c4nccc(C(C)(C)C)c4C5(c4ccccc4)c4ccccc4)cc32)c1. The van der Waals surface area contributed by atoms with Gasteiger partial charge >= 0.3 is 0 Å². The molecule has 5 aromatic carbocycles. The van der Waals surface area contributed by atoms with Gasteiger partial charge in [0.2, 0.25) is 0 Å². The van der Waals surface area contributed by atoms with Gasteiger partial charge in [0.05, 0.1) is 27.7 Å². The number of nitrogens with zero attached hydrogens (tertiary/aromatic N) is 4. The van der Waals surface area contributed by atoms with Crippen LogP contribution in [0.2, 0.25) is 0 Å². The highest BCUT2D eigenvalue weighted by atomic mass is 16.5. The molecule has 0 radical (unpaired) electrons. The van der Waals surface area contributed by atoms with Gasteiger partial charge in [0.15, 0.2) is 0 Å². The second-order valence-corrected chi connectivity index (χ2v) is 16.6. The first-order chi connectivity index (χ1) is 26.5. The van der Waals surface area contributed by atoms with Crippen LogP contribution in [-0.2, 0) is 16.2 Å². The number of para-hydroxylation sites is 1. The highest BCUT2D eigenvalue weighted by Crippen LogP contribution is 2.58. The third kappa shape index (κ3) is 5.35. The van der Waals surface area contributed by atoms with Gasteiger partial charge in [-0.2, -0.15) is 5.26 Å². The zero-order chi connectivity index (χ0) is 38.1. The lowest BCUT2D eigenvalue weighted by molar-refractivity contribution is 0.481. The molecule has 0 unspecified atom stereocenters. The Bertz CT molecular complexity index is 2770. The zero-order valence-corrected chi connectivity index (χ0v) is 32.1. The second-order valence-electron chi connectivity index (χ2n) is 16.6. The summed E-state index contributed by atoms with van der Waals surface area (Å²) in [6.45, 7) is 13.4. The van der Waals surface area contributed by atoms with Gasteiger partial charge in [0.25, 0.3) is 0 Å². The molecule has 0 aliphatic heterocycles. The molecule has 0 atom stereocenters. The molecule has 3 aromatic heterocycles. The van der Waals surface area contributed by atoms with E-state index in [4.69, 9.17) is 14.7 Å². The second kappa shape index (κ2) is 12.5. The summed E-state index contributed by atoms with van der Waals surface area (Å²) in [5.41, 5.74) is 10.7. The molecule has 0 fully saturated rings. The fourth-order valence-corrected chi connectivity index (χ4v) is 8.61. The summed E-state index contributed by atoms with van der Waals surface area (Å²) in [6.07, 6.45) is 3.82. The summed E-state index contributed by atoms with van der Waals surface area (Å²) in [5.74, 6) is 1.94. The van der Waals surface area contributed by atoms with Crippen LogP contribution in [0, 0.1) is 11.3 Å². The van der Waals surface area contributed by atoms with E-state index in [0.29, 0.717) is 17.1 Å². The predicted molar refractivity (Wildman–Crippen MR) is 222 cm³/mol. The van der Waals surface area contributed by atoms with Crippen molar-refractivity contribution < 1.29 is 4.74 Å². The molecule has 0 amide bonds. The minimum atomic E-state index is -0.602. The Labute approximate surface area is 322 Å². The Balaban J connectivity index is 1.26. The molecule has 9 rings (SSSR count). The van der Waals surface area contributed by atoms with Gasteiger partial charge < -0.3 is 4.74 Å². The van der Waals surface area contributed by atoms with E-state index >= 15 is 0 Å². The van der Waals surface area contributed by atoms with Gasteiger partial charge in [-0.3, -0.25) is 9.55 Å². The van der Waals surface area contributed by atoms with Crippen LogP contribution in [0.4, 0.5) is 0 Å². The van der Waals surface area contributed by atoms with E-state index < -0.39 is 5.41 Å². The number of aromatic nitrogens is 3. The van der Waals surface area contributed by atoms with E-state index in [1.54, 1.807) is 0 Å². The predicted octanol–water partition coefficient (Wildman–Crippen LogP) is 12.2. The number of rotatable bonds is 5.